The Morgan fingerprint density at radius 3 is 2.65 bits per heavy atom. The van der Waals surface area contributed by atoms with E-state index in [0.29, 0.717) is 12.1 Å². The highest BCUT2D eigenvalue weighted by Gasteiger charge is 2.17. The lowest BCUT2D eigenvalue weighted by Crippen LogP contribution is -2.31. The number of anilines is 1. The lowest BCUT2D eigenvalue weighted by atomic mass is 10.0. The van der Waals surface area contributed by atoms with E-state index in [2.05, 4.69) is 78.4 Å². The molecule has 0 aromatic heterocycles. The van der Waals surface area contributed by atoms with E-state index >= 15 is 0 Å². The fraction of sp³-hybridized carbons (Fsp3) is 0.625. The zero-order valence-electron chi connectivity index (χ0n) is 13.2. The first-order valence-corrected chi connectivity index (χ1v) is 9.44. The minimum atomic E-state index is 0.364. The topological polar surface area (TPSA) is 15.3 Å². The SMILES string of the molecule is CCNC(C)c1cc(Br)ccc1N(C)C(C)CCSC. The van der Waals surface area contributed by atoms with Crippen LogP contribution in [0.2, 0.25) is 0 Å². The summed E-state index contributed by atoms with van der Waals surface area (Å²) in [6, 6.07) is 7.51. The molecule has 0 aliphatic carbocycles. The lowest BCUT2D eigenvalue weighted by Gasteiger charge is -2.31. The Balaban J connectivity index is 2.97. The van der Waals surface area contributed by atoms with Crippen LogP contribution in [0.4, 0.5) is 5.69 Å². The Hall–Kier alpha value is -0.190. The molecular weight excluding hydrogens is 332 g/mol. The van der Waals surface area contributed by atoms with Crippen molar-refractivity contribution >= 4 is 33.4 Å². The van der Waals surface area contributed by atoms with E-state index in [1.165, 1.54) is 23.4 Å². The Labute approximate surface area is 136 Å². The van der Waals surface area contributed by atoms with Crippen molar-refractivity contribution in [2.75, 3.05) is 30.5 Å². The van der Waals surface area contributed by atoms with Gasteiger partial charge in [0.15, 0.2) is 0 Å². The third-order valence-electron chi connectivity index (χ3n) is 3.75. The summed E-state index contributed by atoms with van der Waals surface area (Å²) in [4.78, 5) is 2.41. The molecule has 0 amide bonds. The maximum Gasteiger partial charge on any atom is 0.0415 e. The van der Waals surface area contributed by atoms with Crippen molar-refractivity contribution < 1.29 is 0 Å². The standard InChI is InChI=1S/C16H27BrN2S/c1-6-18-13(3)15-11-14(17)7-8-16(15)19(4)12(2)9-10-20-5/h7-8,11-13,18H,6,9-10H2,1-5H3. The van der Waals surface area contributed by atoms with Crippen molar-refractivity contribution in [1.82, 2.24) is 5.32 Å². The molecule has 2 atom stereocenters. The predicted octanol–water partition coefficient (Wildman–Crippen LogP) is 4.70. The van der Waals surface area contributed by atoms with E-state index in [9.17, 15) is 0 Å². The van der Waals surface area contributed by atoms with Gasteiger partial charge >= 0.3 is 0 Å². The fourth-order valence-corrected chi connectivity index (χ4v) is 3.28. The lowest BCUT2D eigenvalue weighted by molar-refractivity contribution is 0.590. The summed E-state index contributed by atoms with van der Waals surface area (Å²) in [5.41, 5.74) is 2.69. The molecule has 0 aliphatic rings. The van der Waals surface area contributed by atoms with Crippen LogP contribution in [-0.2, 0) is 0 Å². The highest BCUT2D eigenvalue weighted by atomic mass is 79.9. The van der Waals surface area contributed by atoms with Gasteiger partial charge in [0, 0.05) is 29.3 Å². The average molecular weight is 359 g/mol. The third-order valence-corrected chi connectivity index (χ3v) is 4.88. The second-order valence-electron chi connectivity index (χ2n) is 5.22. The summed E-state index contributed by atoms with van der Waals surface area (Å²) in [7, 11) is 2.20. The van der Waals surface area contributed by atoms with Crippen LogP contribution in [0.1, 0.15) is 38.8 Å². The van der Waals surface area contributed by atoms with Crippen molar-refractivity contribution in [3.8, 4) is 0 Å². The van der Waals surface area contributed by atoms with E-state index in [1.807, 2.05) is 11.8 Å². The van der Waals surface area contributed by atoms with Crippen LogP contribution in [-0.4, -0.2) is 31.6 Å². The summed E-state index contributed by atoms with van der Waals surface area (Å²) in [6.45, 7) is 7.67. The van der Waals surface area contributed by atoms with Crippen molar-refractivity contribution in [3.05, 3.63) is 28.2 Å². The summed E-state index contributed by atoms with van der Waals surface area (Å²) in [5.74, 6) is 1.21. The average Bonchev–Trinajstić information content (AvgIpc) is 2.44. The predicted molar refractivity (Wildman–Crippen MR) is 97.1 cm³/mol. The molecule has 1 aromatic rings. The van der Waals surface area contributed by atoms with Crippen LogP contribution in [0.3, 0.4) is 0 Å². The Morgan fingerprint density at radius 2 is 2.05 bits per heavy atom. The number of benzene rings is 1. The van der Waals surface area contributed by atoms with Gasteiger partial charge < -0.3 is 10.2 Å². The van der Waals surface area contributed by atoms with Crippen molar-refractivity contribution in [1.29, 1.82) is 0 Å². The summed E-state index contributed by atoms with van der Waals surface area (Å²) in [6.07, 6.45) is 3.38. The molecule has 1 rings (SSSR count). The number of rotatable bonds is 8. The van der Waals surface area contributed by atoms with E-state index < -0.39 is 0 Å². The Morgan fingerprint density at radius 1 is 1.35 bits per heavy atom. The monoisotopic (exact) mass is 358 g/mol. The van der Waals surface area contributed by atoms with Crippen LogP contribution in [0.5, 0.6) is 0 Å². The van der Waals surface area contributed by atoms with E-state index in [-0.39, 0.29) is 0 Å². The van der Waals surface area contributed by atoms with Crippen LogP contribution in [0.25, 0.3) is 0 Å². The van der Waals surface area contributed by atoms with Crippen LogP contribution >= 0.6 is 27.7 Å². The molecule has 0 spiro atoms. The molecule has 0 heterocycles. The molecule has 0 radical (unpaired) electrons. The number of thioether (sulfide) groups is 1. The maximum atomic E-state index is 3.59. The van der Waals surface area contributed by atoms with Crippen LogP contribution in [0, 0.1) is 0 Å². The molecule has 20 heavy (non-hydrogen) atoms. The highest BCUT2D eigenvalue weighted by Crippen LogP contribution is 2.30. The molecule has 2 unspecified atom stereocenters. The number of nitrogens with zero attached hydrogens (tertiary/aromatic N) is 1. The molecule has 0 saturated carbocycles. The summed E-state index contributed by atoms with van der Waals surface area (Å²) in [5, 5.41) is 3.51. The van der Waals surface area contributed by atoms with Gasteiger partial charge in [0.1, 0.15) is 0 Å². The number of hydrogen-bond acceptors (Lipinski definition) is 3. The van der Waals surface area contributed by atoms with E-state index in [0.717, 1.165) is 11.0 Å². The fourth-order valence-electron chi connectivity index (χ4n) is 2.33. The van der Waals surface area contributed by atoms with Gasteiger partial charge in [-0.1, -0.05) is 22.9 Å². The van der Waals surface area contributed by atoms with Gasteiger partial charge in [-0.3, -0.25) is 0 Å². The molecule has 2 nitrogen and oxygen atoms in total. The molecule has 0 saturated heterocycles. The zero-order chi connectivity index (χ0) is 15.1. The van der Waals surface area contributed by atoms with Gasteiger partial charge in [0.05, 0.1) is 0 Å². The second-order valence-corrected chi connectivity index (χ2v) is 7.13. The number of nitrogens with one attached hydrogen (secondary N) is 1. The van der Waals surface area contributed by atoms with Crippen LogP contribution < -0.4 is 10.2 Å². The second kappa shape index (κ2) is 8.96. The first-order valence-electron chi connectivity index (χ1n) is 7.25. The Bertz CT molecular complexity index is 411. The third kappa shape index (κ3) is 4.97. The van der Waals surface area contributed by atoms with Gasteiger partial charge in [0.2, 0.25) is 0 Å². The highest BCUT2D eigenvalue weighted by molar-refractivity contribution is 9.10. The van der Waals surface area contributed by atoms with Gasteiger partial charge in [0.25, 0.3) is 0 Å². The molecule has 0 aliphatic heterocycles. The maximum absolute atomic E-state index is 3.59. The van der Waals surface area contributed by atoms with E-state index in [4.69, 9.17) is 0 Å². The van der Waals surface area contributed by atoms with Gasteiger partial charge in [-0.2, -0.15) is 11.8 Å². The molecule has 4 heteroatoms. The molecule has 0 fully saturated rings. The quantitative estimate of drug-likeness (QED) is 0.724. The normalized spacial score (nSPS) is 14.1. The molecule has 1 aromatic carbocycles. The van der Waals surface area contributed by atoms with Crippen LogP contribution in [0.15, 0.2) is 22.7 Å². The largest absolute Gasteiger partial charge is 0.372 e. The number of halogens is 1. The van der Waals surface area contributed by atoms with Crippen molar-refractivity contribution in [2.24, 2.45) is 0 Å². The molecular formula is C16H27BrN2S. The number of hydrogen-bond donors (Lipinski definition) is 1. The van der Waals surface area contributed by atoms with Gasteiger partial charge in [-0.15, -0.1) is 0 Å². The minimum absolute atomic E-state index is 0.364. The zero-order valence-corrected chi connectivity index (χ0v) is 15.6. The van der Waals surface area contributed by atoms with Crippen molar-refractivity contribution in [3.63, 3.8) is 0 Å². The smallest absolute Gasteiger partial charge is 0.0415 e. The van der Waals surface area contributed by atoms with Crippen molar-refractivity contribution in [2.45, 2.75) is 39.3 Å². The molecule has 114 valence electrons. The Kier molecular flexibility index (Phi) is 8.00. The summed E-state index contributed by atoms with van der Waals surface area (Å²) < 4.78 is 1.14. The molecule has 0 bridgehead atoms. The van der Waals surface area contributed by atoms with Gasteiger partial charge in [-0.25, -0.2) is 0 Å². The molecule has 1 N–H and O–H groups in total. The van der Waals surface area contributed by atoms with E-state index in [1.54, 1.807) is 0 Å². The first kappa shape index (κ1) is 17.9. The minimum Gasteiger partial charge on any atom is -0.372 e. The first-order chi connectivity index (χ1) is 9.51. The van der Waals surface area contributed by atoms with Gasteiger partial charge in [-0.05, 0) is 62.6 Å². The summed E-state index contributed by atoms with van der Waals surface area (Å²) >= 11 is 5.51.